The second-order valence-electron chi connectivity index (χ2n) is 4.26. The molecule has 0 aromatic carbocycles. The molecule has 0 unspecified atom stereocenters. The Kier molecular flexibility index (Phi) is 2.88. The Bertz CT molecular complexity index is 381. The predicted octanol–water partition coefficient (Wildman–Crippen LogP) is 2.04. The van der Waals surface area contributed by atoms with Gasteiger partial charge in [0.25, 0.3) is 5.92 Å². The van der Waals surface area contributed by atoms with Gasteiger partial charge in [-0.3, -0.25) is 5.32 Å². The van der Waals surface area contributed by atoms with Crippen molar-refractivity contribution >= 4 is 12.4 Å². The molecule has 1 aliphatic carbocycles. The second-order valence-corrected chi connectivity index (χ2v) is 4.26. The van der Waals surface area contributed by atoms with E-state index >= 15 is 0 Å². The first-order chi connectivity index (χ1) is 7.14. The predicted molar refractivity (Wildman–Crippen MR) is 53.8 cm³/mol. The lowest BCUT2D eigenvalue weighted by atomic mass is 10.2. The van der Waals surface area contributed by atoms with Crippen LogP contribution in [0.3, 0.4) is 0 Å². The highest BCUT2D eigenvalue weighted by atomic mass is 35.5. The van der Waals surface area contributed by atoms with E-state index < -0.39 is 12.0 Å². The Morgan fingerprint density at radius 1 is 1.38 bits per heavy atom. The number of nitrogens with one attached hydrogen (secondary N) is 1. The minimum Gasteiger partial charge on any atom is -0.338 e. The summed E-state index contributed by atoms with van der Waals surface area (Å²) in [5.74, 6) is -1.29. The standard InChI is InChI=1S/C9H11F2N3O.ClH/c10-9(11)3-6(12-4-9)8-13-7(14-15-8)5-1-2-5;/h5-6,12H,1-4H2;1H/t6-;/m0./s1. The van der Waals surface area contributed by atoms with Crippen molar-refractivity contribution in [3.63, 3.8) is 0 Å². The van der Waals surface area contributed by atoms with Gasteiger partial charge in [0.05, 0.1) is 12.6 Å². The molecule has 1 aliphatic heterocycles. The number of halogens is 3. The molecule has 1 aromatic rings. The van der Waals surface area contributed by atoms with Crippen molar-refractivity contribution in [3.05, 3.63) is 11.7 Å². The normalized spacial score (nSPS) is 27.8. The van der Waals surface area contributed by atoms with E-state index in [9.17, 15) is 8.78 Å². The Morgan fingerprint density at radius 2 is 2.12 bits per heavy atom. The molecule has 0 radical (unpaired) electrons. The fourth-order valence-electron chi connectivity index (χ4n) is 1.79. The van der Waals surface area contributed by atoms with Crippen LogP contribution in [0.25, 0.3) is 0 Å². The summed E-state index contributed by atoms with van der Waals surface area (Å²) in [4.78, 5) is 4.15. The van der Waals surface area contributed by atoms with Crippen LogP contribution in [0.1, 0.15) is 42.9 Å². The molecule has 0 amide bonds. The average Bonchev–Trinajstić information content (AvgIpc) is 2.79. The van der Waals surface area contributed by atoms with Crippen molar-refractivity contribution in [2.75, 3.05) is 6.54 Å². The van der Waals surface area contributed by atoms with Crippen LogP contribution in [0.15, 0.2) is 4.52 Å². The van der Waals surface area contributed by atoms with E-state index in [-0.39, 0.29) is 25.4 Å². The summed E-state index contributed by atoms with van der Waals surface area (Å²) in [7, 11) is 0. The third-order valence-corrected chi connectivity index (χ3v) is 2.81. The molecule has 1 saturated carbocycles. The van der Waals surface area contributed by atoms with Gasteiger partial charge < -0.3 is 4.52 Å². The van der Waals surface area contributed by atoms with E-state index in [0.717, 1.165) is 12.8 Å². The van der Waals surface area contributed by atoms with Gasteiger partial charge in [0.1, 0.15) is 0 Å². The van der Waals surface area contributed by atoms with E-state index in [1.165, 1.54) is 0 Å². The smallest absolute Gasteiger partial charge is 0.262 e. The highest BCUT2D eigenvalue weighted by molar-refractivity contribution is 5.85. The van der Waals surface area contributed by atoms with Crippen LogP contribution in [0.2, 0.25) is 0 Å². The number of nitrogens with zero attached hydrogens (tertiary/aromatic N) is 2. The van der Waals surface area contributed by atoms with Crippen LogP contribution in [0.4, 0.5) is 8.78 Å². The summed E-state index contributed by atoms with van der Waals surface area (Å²) >= 11 is 0. The number of rotatable bonds is 2. The Balaban J connectivity index is 0.000000963. The number of hydrogen-bond acceptors (Lipinski definition) is 4. The van der Waals surface area contributed by atoms with E-state index in [1.54, 1.807) is 0 Å². The molecule has 1 atom stereocenters. The number of hydrogen-bond donors (Lipinski definition) is 1. The maximum atomic E-state index is 12.9. The molecule has 2 fully saturated rings. The molecule has 2 aliphatic rings. The van der Waals surface area contributed by atoms with E-state index in [2.05, 4.69) is 15.5 Å². The molecule has 4 nitrogen and oxygen atoms in total. The lowest BCUT2D eigenvalue weighted by molar-refractivity contribution is 0.0200. The van der Waals surface area contributed by atoms with Crippen molar-refractivity contribution < 1.29 is 13.3 Å². The molecule has 3 rings (SSSR count). The number of alkyl halides is 2. The molecule has 0 spiro atoms. The Labute approximate surface area is 97.2 Å². The van der Waals surface area contributed by atoms with E-state index in [4.69, 9.17) is 4.52 Å². The highest BCUT2D eigenvalue weighted by Gasteiger charge is 2.42. The van der Waals surface area contributed by atoms with Crippen molar-refractivity contribution in [2.24, 2.45) is 0 Å². The first-order valence-electron chi connectivity index (χ1n) is 5.09. The molecular weight excluding hydrogens is 240 g/mol. The molecular formula is C9H12ClF2N3O. The van der Waals surface area contributed by atoms with Crippen LogP contribution >= 0.6 is 12.4 Å². The molecule has 16 heavy (non-hydrogen) atoms. The van der Waals surface area contributed by atoms with Crippen LogP contribution in [-0.4, -0.2) is 22.6 Å². The topological polar surface area (TPSA) is 51.0 Å². The molecule has 1 saturated heterocycles. The highest BCUT2D eigenvalue weighted by Crippen LogP contribution is 2.39. The van der Waals surface area contributed by atoms with Gasteiger partial charge >= 0.3 is 0 Å². The second kappa shape index (κ2) is 3.92. The molecule has 1 aromatic heterocycles. The maximum absolute atomic E-state index is 12.9. The Morgan fingerprint density at radius 3 is 2.69 bits per heavy atom. The number of aromatic nitrogens is 2. The van der Waals surface area contributed by atoms with Gasteiger partial charge in [-0.1, -0.05) is 5.16 Å². The first-order valence-corrected chi connectivity index (χ1v) is 5.09. The molecule has 2 heterocycles. The first kappa shape index (κ1) is 11.7. The monoisotopic (exact) mass is 251 g/mol. The van der Waals surface area contributed by atoms with Gasteiger partial charge in [-0.05, 0) is 12.8 Å². The molecule has 7 heteroatoms. The average molecular weight is 252 g/mol. The summed E-state index contributed by atoms with van der Waals surface area (Å²) in [6, 6.07) is -0.486. The Hall–Kier alpha value is -0.750. The quantitative estimate of drug-likeness (QED) is 0.874. The van der Waals surface area contributed by atoms with Crippen molar-refractivity contribution in [1.29, 1.82) is 0 Å². The lowest BCUT2D eigenvalue weighted by Gasteiger charge is -2.04. The van der Waals surface area contributed by atoms with Crippen LogP contribution in [0, 0.1) is 0 Å². The molecule has 90 valence electrons. The van der Waals surface area contributed by atoms with Crippen molar-refractivity contribution in [3.8, 4) is 0 Å². The third-order valence-electron chi connectivity index (χ3n) is 2.81. The minimum absolute atomic E-state index is 0. The van der Waals surface area contributed by atoms with E-state index in [0.29, 0.717) is 17.6 Å². The van der Waals surface area contributed by atoms with E-state index in [1.807, 2.05) is 0 Å². The third kappa shape index (κ3) is 2.17. The van der Waals surface area contributed by atoms with Crippen LogP contribution < -0.4 is 5.32 Å². The van der Waals surface area contributed by atoms with Gasteiger partial charge in [-0.2, -0.15) is 4.98 Å². The minimum atomic E-state index is -2.65. The summed E-state index contributed by atoms with van der Waals surface area (Å²) in [5.41, 5.74) is 0. The fourth-order valence-corrected chi connectivity index (χ4v) is 1.79. The zero-order chi connectivity index (χ0) is 10.5. The van der Waals surface area contributed by atoms with Crippen LogP contribution in [-0.2, 0) is 0 Å². The van der Waals surface area contributed by atoms with Crippen LogP contribution in [0.5, 0.6) is 0 Å². The fraction of sp³-hybridized carbons (Fsp3) is 0.778. The summed E-state index contributed by atoms with van der Waals surface area (Å²) in [6.45, 7) is -0.307. The summed E-state index contributed by atoms with van der Waals surface area (Å²) in [6.07, 6.45) is 1.90. The van der Waals surface area contributed by atoms with Gasteiger partial charge in [-0.15, -0.1) is 12.4 Å². The SMILES string of the molecule is Cl.FC1(F)CN[C@H](c2nc(C3CC3)no2)C1. The van der Waals surface area contributed by atoms with Gasteiger partial charge in [0.2, 0.25) is 5.89 Å². The van der Waals surface area contributed by atoms with Gasteiger partial charge in [0.15, 0.2) is 5.82 Å². The maximum Gasteiger partial charge on any atom is 0.262 e. The van der Waals surface area contributed by atoms with Gasteiger partial charge in [-0.25, -0.2) is 8.78 Å². The van der Waals surface area contributed by atoms with Gasteiger partial charge in [0, 0.05) is 12.3 Å². The van der Waals surface area contributed by atoms with Crippen molar-refractivity contribution in [1.82, 2.24) is 15.5 Å². The molecule has 1 N–H and O–H groups in total. The summed E-state index contributed by atoms with van der Waals surface area (Å²) in [5, 5.41) is 6.49. The molecule has 0 bridgehead atoms. The zero-order valence-electron chi connectivity index (χ0n) is 8.45. The largest absolute Gasteiger partial charge is 0.338 e. The summed E-state index contributed by atoms with van der Waals surface area (Å²) < 4.78 is 30.8. The zero-order valence-corrected chi connectivity index (χ0v) is 9.27. The lowest BCUT2D eigenvalue weighted by Crippen LogP contribution is -2.19. The van der Waals surface area contributed by atoms with Crippen molar-refractivity contribution in [2.45, 2.75) is 37.1 Å².